The molecule has 2 rings (SSSR count). The molecule has 0 unspecified atom stereocenters. The van der Waals surface area contributed by atoms with Gasteiger partial charge in [0.25, 0.3) is 0 Å². The molecule has 3 N–H and O–H groups in total. The molecule has 0 aromatic heterocycles. The number of phenolic OH excluding ortho intramolecular Hbond substituents is 1. The number of benzene rings is 1. The van der Waals surface area contributed by atoms with Crippen LogP contribution < -0.4 is 5.73 Å². The number of hydrogen-bond donors (Lipinski definition) is 2. The maximum absolute atomic E-state index is 13.9. The highest BCUT2D eigenvalue weighted by Crippen LogP contribution is 2.45. The maximum atomic E-state index is 13.9. The fourth-order valence-electron chi connectivity index (χ4n) is 1.69. The molecule has 1 aromatic carbocycles. The zero-order chi connectivity index (χ0) is 12.1. The molecule has 88 valence electrons. The third-order valence-corrected chi connectivity index (χ3v) is 3.90. The summed E-state index contributed by atoms with van der Waals surface area (Å²) in [6, 6.07) is 2.51. The summed E-state index contributed by atoms with van der Waals surface area (Å²) in [7, 11) is -3.80. The summed E-state index contributed by atoms with van der Waals surface area (Å²) in [5, 5.41) is 9.38. The highest BCUT2D eigenvalue weighted by Gasteiger charge is 2.43. The van der Waals surface area contributed by atoms with E-state index in [0.717, 1.165) is 6.26 Å². The SMILES string of the molecule is CS(=O)(=O)c1c(O)ccc(C2(N)CC2)c1F. The molecule has 1 fully saturated rings. The monoisotopic (exact) mass is 245 g/mol. The van der Waals surface area contributed by atoms with Crippen LogP contribution in [0.3, 0.4) is 0 Å². The van der Waals surface area contributed by atoms with Gasteiger partial charge >= 0.3 is 0 Å². The Morgan fingerprint density at radius 2 is 2.00 bits per heavy atom. The quantitative estimate of drug-likeness (QED) is 0.810. The Labute approximate surface area is 92.8 Å². The second-order valence-corrected chi connectivity index (χ2v) is 6.16. The highest BCUT2D eigenvalue weighted by atomic mass is 32.2. The topological polar surface area (TPSA) is 80.4 Å². The van der Waals surface area contributed by atoms with Crippen molar-refractivity contribution < 1.29 is 17.9 Å². The fourth-order valence-corrected chi connectivity index (χ4v) is 2.57. The van der Waals surface area contributed by atoms with Gasteiger partial charge in [-0.2, -0.15) is 0 Å². The minimum Gasteiger partial charge on any atom is -0.506 e. The molecule has 1 aliphatic rings. The molecular weight excluding hydrogens is 233 g/mol. The Bertz CT molecular complexity index is 549. The van der Waals surface area contributed by atoms with Crippen molar-refractivity contribution >= 4 is 9.84 Å². The van der Waals surface area contributed by atoms with Crippen molar-refractivity contribution in [3.05, 3.63) is 23.5 Å². The molecule has 1 aliphatic carbocycles. The van der Waals surface area contributed by atoms with Crippen molar-refractivity contribution in [2.24, 2.45) is 5.73 Å². The first-order chi connectivity index (χ1) is 7.26. The van der Waals surface area contributed by atoms with Crippen molar-refractivity contribution in [1.29, 1.82) is 0 Å². The average molecular weight is 245 g/mol. The Hall–Kier alpha value is -1.14. The fraction of sp³-hybridized carbons (Fsp3) is 0.400. The third-order valence-electron chi connectivity index (χ3n) is 2.77. The Balaban J connectivity index is 2.70. The molecule has 1 saturated carbocycles. The van der Waals surface area contributed by atoms with Crippen LogP contribution >= 0.6 is 0 Å². The van der Waals surface area contributed by atoms with Gasteiger partial charge in [-0.15, -0.1) is 0 Å². The van der Waals surface area contributed by atoms with Gasteiger partial charge in [-0.05, 0) is 18.9 Å². The normalized spacial score (nSPS) is 18.4. The van der Waals surface area contributed by atoms with Gasteiger partial charge in [0.05, 0.1) is 0 Å². The van der Waals surface area contributed by atoms with Crippen LogP contribution in [-0.2, 0) is 15.4 Å². The van der Waals surface area contributed by atoms with E-state index in [2.05, 4.69) is 0 Å². The van der Waals surface area contributed by atoms with Gasteiger partial charge in [-0.1, -0.05) is 6.07 Å². The lowest BCUT2D eigenvalue weighted by Gasteiger charge is -2.13. The summed E-state index contributed by atoms with van der Waals surface area (Å²) in [5.41, 5.74) is 5.21. The van der Waals surface area contributed by atoms with E-state index in [0.29, 0.717) is 12.8 Å². The molecule has 0 spiro atoms. The standard InChI is InChI=1S/C10H12FNO3S/c1-16(14,15)9-7(13)3-2-6(8(9)11)10(12)4-5-10/h2-3,13H,4-5,12H2,1H3. The molecule has 0 heterocycles. The average Bonchev–Trinajstić information content (AvgIpc) is 2.81. The van der Waals surface area contributed by atoms with Crippen molar-refractivity contribution in [3.63, 3.8) is 0 Å². The lowest BCUT2D eigenvalue weighted by molar-refractivity contribution is 0.439. The molecule has 4 nitrogen and oxygen atoms in total. The molecule has 0 amide bonds. The van der Waals surface area contributed by atoms with Crippen LogP contribution in [0, 0.1) is 5.82 Å². The highest BCUT2D eigenvalue weighted by molar-refractivity contribution is 7.90. The predicted molar refractivity (Wildman–Crippen MR) is 56.3 cm³/mol. The van der Waals surface area contributed by atoms with Gasteiger partial charge in [-0.3, -0.25) is 0 Å². The summed E-state index contributed by atoms with van der Waals surface area (Å²) < 4.78 is 36.6. The van der Waals surface area contributed by atoms with Gasteiger partial charge in [0.2, 0.25) is 0 Å². The number of aromatic hydroxyl groups is 1. The predicted octanol–water partition coefficient (Wildman–Crippen LogP) is 0.883. The first-order valence-electron chi connectivity index (χ1n) is 4.76. The minimum absolute atomic E-state index is 0.158. The lowest BCUT2D eigenvalue weighted by Crippen LogP contribution is -2.21. The van der Waals surface area contributed by atoms with Gasteiger partial charge in [0.1, 0.15) is 10.6 Å². The largest absolute Gasteiger partial charge is 0.506 e. The summed E-state index contributed by atoms with van der Waals surface area (Å²) in [4.78, 5) is -0.665. The number of phenols is 1. The van der Waals surface area contributed by atoms with Crippen LogP contribution in [0.5, 0.6) is 5.75 Å². The summed E-state index contributed by atoms with van der Waals surface area (Å²) in [5.74, 6) is -1.50. The van der Waals surface area contributed by atoms with Gasteiger partial charge in [-0.25, -0.2) is 12.8 Å². The first kappa shape index (κ1) is 11.3. The lowest BCUT2D eigenvalue weighted by atomic mass is 10.1. The zero-order valence-electron chi connectivity index (χ0n) is 8.70. The summed E-state index contributed by atoms with van der Waals surface area (Å²) in [6.45, 7) is 0. The van der Waals surface area contributed by atoms with E-state index in [-0.39, 0.29) is 5.56 Å². The Kier molecular flexibility index (Phi) is 2.25. The zero-order valence-corrected chi connectivity index (χ0v) is 9.51. The van der Waals surface area contributed by atoms with Crippen molar-refractivity contribution in [2.45, 2.75) is 23.3 Å². The van der Waals surface area contributed by atoms with Gasteiger partial charge < -0.3 is 10.8 Å². The third kappa shape index (κ3) is 1.68. The van der Waals surface area contributed by atoms with E-state index in [4.69, 9.17) is 5.73 Å². The van der Waals surface area contributed by atoms with Crippen LogP contribution in [0.25, 0.3) is 0 Å². The first-order valence-corrected chi connectivity index (χ1v) is 6.66. The van der Waals surface area contributed by atoms with Gasteiger partial charge in [0, 0.05) is 17.4 Å². The van der Waals surface area contributed by atoms with Crippen molar-refractivity contribution in [3.8, 4) is 5.75 Å². The van der Waals surface area contributed by atoms with E-state index < -0.39 is 31.8 Å². The van der Waals surface area contributed by atoms with Crippen molar-refractivity contribution in [1.82, 2.24) is 0 Å². The van der Waals surface area contributed by atoms with E-state index in [1.165, 1.54) is 12.1 Å². The second kappa shape index (κ2) is 3.18. The molecule has 6 heteroatoms. The molecule has 1 aromatic rings. The molecule has 0 saturated heterocycles. The smallest absolute Gasteiger partial charge is 0.182 e. The van der Waals surface area contributed by atoms with E-state index in [9.17, 15) is 17.9 Å². The van der Waals surface area contributed by atoms with E-state index in [1.54, 1.807) is 0 Å². The van der Waals surface area contributed by atoms with Gasteiger partial charge in [0.15, 0.2) is 15.7 Å². The van der Waals surface area contributed by atoms with Crippen LogP contribution in [0.4, 0.5) is 4.39 Å². The van der Waals surface area contributed by atoms with Crippen LogP contribution in [0.2, 0.25) is 0 Å². The number of rotatable bonds is 2. The Morgan fingerprint density at radius 1 is 1.44 bits per heavy atom. The number of halogens is 1. The van der Waals surface area contributed by atoms with E-state index >= 15 is 0 Å². The number of nitrogens with two attached hydrogens (primary N) is 1. The van der Waals surface area contributed by atoms with Crippen LogP contribution in [-0.4, -0.2) is 19.8 Å². The molecular formula is C10H12FNO3S. The van der Waals surface area contributed by atoms with Crippen molar-refractivity contribution in [2.75, 3.05) is 6.26 Å². The molecule has 0 bridgehead atoms. The van der Waals surface area contributed by atoms with Crippen LogP contribution in [0.1, 0.15) is 18.4 Å². The van der Waals surface area contributed by atoms with Crippen LogP contribution in [0.15, 0.2) is 17.0 Å². The molecule has 0 atom stereocenters. The summed E-state index contributed by atoms with van der Waals surface area (Å²) >= 11 is 0. The second-order valence-electron chi connectivity index (χ2n) is 4.20. The number of hydrogen-bond acceptors (Lipinski definition) is 4. The Morgan fingerprint density at radius 3 is 2.44 bits per heavy atom. The summed E-state index contributed by atoms with van der Waals surface area (Å²) in [6.07, 6.45) is 2.10. The van der Waals surface area contributed by atoms with E-state index in [1.807, 2.05) is 0 Å². The number of sulfone groups is 1. The molecule has 0 radical (unpaired) electrons. The minimum atomic E-state index is -3.80. The maximum Gasteiger partial charge on any atom is 0.182 e. The molecule has 16 heavy (non-hydrogen) atoms. The molecule has 0 aliphatic heterocycles.